The molecule has 3 aromatic carbocycles. The zero-order chi connectivity index (χ0) is 16.8. The Morgan fingerprint density at radius 1 is 0.792 bits per heavy atom. The topological polar surface area (TPSA) is 29.5 Å². The van der Waals surface area contributed by atoms with Crippen LogP contribution in [0.1, 0.15) is 22.3 Å². The van der Waals surface area contributed by atoms with Crippen LogP contribution in [0.2, 0.25) is 0 Å². The van der Waals surface area contributed by atoms with Crippen molar-refractivity contribution in [1.29, 1.82) is 0 Å². The summed E-state index contributed by atoms with van der Waals surface area (Å²) in [5.74, 6) is 1.86. The summed E-state index contributed by atoms with van der Waals surface area (Å²) in [6.07, 6.45) is 0. The number of benzene rings is 3. The highest BCUT2D eigenvalue weighted by molar-refractivity contribution is 5.87. The molecule has 0 amide bonds. The van der Waals surface area contributed by atoms with Gasteiger partial charge in [-0.2, -0.15) is 0 Å². The molecule has 1 N–H and O–H groups in total. The zero-order valence-corrected chi connectivity index (χ0v) is 13.8. The summed E-state index contributed by atoms with van der Waals surface area (Å²) >= 11 is 0. The van der Waals surface area contributed by atoms with Crippen molar-refractivity contribution in [3.8, 4) is 17.2 Å². The number of phenols is 1. The Kier molecular flexibility index (Phi) is 3.20. The number of aryl methyl sites for hydroxylation is 2. The van der Waals surface area contributed by atoms with E-state index in [1.54, 1.807) is 6.07 Å². The molecular formula is C22H18O2. The summed E-state index contributed by atoms with van der Waals surface area (Å²) in [5.41, 5.74) is 4.96. The summed E-state index contributed by atoms with van der Waals surface area (Å²) in [4.78, 5) is 0. The second kappa shape index (κ2) is 5.27. The van der Waals surface area contributed by atoms with E-state index in [0.717, 1.165) is 49.8 Å². The van der Waals surface area contributed by atoms with Crippen LogP contribution < -0.4 is 15.2 Å². The molecule has 0 aliphatic carbocycles. The second-order valence-corrected chi connectivity index (χ2v) is 6.33. The molecule has 0 aromatic heterocycles. The Morgan fingerprint density at radius 2 is 1.50 bits per heavy atom. The van der Waals surface area contributed by atoms with E-state index in [1.165, 1.54) is 0 Å². The third-order valence-electron chi connectivity index (χ3n) is 4.36. The van der Waals surface area contributed by atoms with E-state index < -0.39 is 0 Å². The van der Waals surface area contributed by atoms with Crippen molar-refractivity contribution in [2.75, 3.05) is 0 Å². The van der Waals surface area contributed by atoms with Crippen LogP contribution in [-0.2, 0) is 0 Å². The monoisotopic (exact) mass is 314 g/mol. The molecule has 24 heavy (non-hydrogen) atoms. The SMILES string of the molecule is C=c1ccc2c(c1)Oc1cc(C)ccc1C=2c1ccc(C)cc1O. The molecule has 2 heteroatoms. The van der Waals surface area contributed by atoms with Crippen LogP contribution in [0.3, 0.4) is 0 Å². The van der Waals surface area contributed by atoms with Crippen LogP contribution in [0.25, 0.3) is 12.2 Å². The van der Waals surface area contributed by atoms with Crippen molar-refractivity contribution in [2.24, 2.45) is 0 Å². The minimum absolute atomic E-state index is 0.281. The highest BCUT2D eigenvalue weighted by Gasteiger charge is 2.21. The molecule has 0 fully saturated rings. The molecule has 0 saturated carbocycles. The average molecular weight is 314 g/mol. The lowest BCUT2D eigenvalue weighted by molar-refractivity contribution is 0.467. The van der Waals surface area contributed by atoms with Gasteiger partial charge < -0.3 is 9.84 Å². The lowest BCUT2D eigenvalue weighted by Crippen LogP contribution is -2.19. The first-order valence-corrected chi connectivity index (χ1v) is 7.95. The van der Waals surface area contributed by atoms with E-state index in [2.05, 4.69) is 18.7 Å². The fourth-order valence-corrected chi connectivity index (χ4v) is 3.19. The first-order chi connectivity index (χ1) is 11.5. The normalized spacial score (nSPS) is 12.3. The van der Waals surface area contributed by atoms with Gasteiger partial charge in [0.25, 0.3) is 0 Å². The molecule has 0 unspecified atom stereocenters. The van der Waals surface area contributed by atoms with Crippen LogP contribution in [0.4, 0.5) is 0 Å². The van der Waals surface area contributed by atoms with Crippen molar-refractivity contribution < 1.29 is 9.84 Å². The van der Waals surface area contributed by atoms with Crippen molar-refractivity contribution in [2.45, 2.75) is 13.8 Å². The number of rotatable bonds is 1. The van der Waals surface area contributed by atoms with Gasteiger partial charge in [-0.25, -0.2) is 0 Å². The highest BCUT2D eigenvalue weighted by Crippen LogP contribution is 2.39. The Balaban J connectivity index is 2.14. The molecule has 4 rings (SSSR count). The molecule has 2 nitrogen and oxygen atoms in total. The van der Waals surface area contributed by atoms with Gasteiger partial charge in [-0.1, -0.05) is 43.0 Å². The Hall–Kier alpha value is -3.00. The minimum Gasteiger partial charge on any atom is -0.507 e. The number of aromatic hydroxyl groups is 1. The van der Waals surface area contributed by atoms with Gasteiger partial charge in [-0.05, 0) is 48.4 Å². The molecule has 1 aliphatic heterocycles. The lowest BCUT2D eigenvalue weighted by atomic mass is 9.91. The maximum atomic E-state index is 10.5. The van der Waals surface area contributed by atoms with Gasteiger partial charge in [0, 0.05) is 21.9 Å². The molecule has 1 aliphatic rings. The number of hydrogen-bond donors (Lipinski definition) is 1. The predicted octanol–water partition coefficient (Wildman–Crippen LogP) is 3.77. The minimum atomic E-state index is 0.281. The first-order valence-electron chi connectivity index (χ1n) is 7.95. The van der Waals surface area contributed by atoms with Crippen molar-refractivity contribution in [3.05, 3.63) is 87.3 Å². The molecule has 1 heterocycles. The fourth-order valence-electron chi connectivity index (χ4n) is 3.19. The number of phenolic OH excluding ortho intramolecular Hbond substituents is 1. The largest absolute Gasteiger partial charge is 0.507 e. The van der Waals surface area contributed by atoms with Gasteiger partial charge in [0.2, 0.25) is 0 Å². The number of ether oxygens (including phenoxy) is 1. The van der Waals surface area contributed by atoms with Crippen LogP contribution in [0, 0.1) is 13.8 Å². The molecule has 0 saturated heterocycles. The molecule has 0 radical (unpaired) electrons. The van der Waals surface area contributed by atoms with Gasteiger partial charge in [0.1, 0.15) is 17.2 Å². The summed E-state index contributed by atoms with van der Waals surface area (Å²) in [6.45, 7) is 8.00. The van der Waals surface area contributed by atoms with Gasteiger partial charge in [0.15, 0.2) is 0 Å². The van der Waals surface area contributed by atoms with E-state index in [-0.39, 0.29) is 5.75 Å². The second-order valence-electron chi connectivity index (χ2n) is 6.33. The molecule has 0 spiro atoms. The summed E-state index contributed by atoms with van der Waals surface area (Å²) in [7, 11) is 0. The van der Waals surface area contributed by atoms with Crippen LogP contribution in [-0.4, -0.2) is 5.11 Å². The highest BCUT2D eigenvalue weighted by atomic mass is 16.5. The third-order valence-corrected chi connectivity index (χ3v) is 4.36. The molecule has 0 bridgehead atoms. The van der Waals surface area contributed by atoms with Crippen molar-refractivity contribution in [1.82, 2.24) is 0 Å². The van der Waals surface area contributed by atoms with Gasteiger partial charge in [-0.15, -0.1) is 0 Å². The van der Waals surface area contributed by atoms with Crippen molar-refractivity contribution >= 4 is 12.2 Å². The van der Waals surface area contributed by atoms with E-state index in [9.17, 15) is 5.11 Å². The van der Waals surface area contributed by atoms with Gasteiger partial charge >= 0.3 is 0 Å². The van der Waals surface area contributed by atoms with E-state index in [1.807, 2.05) is 50.2 Å². The Labute approximate surface area is 141 Å². The maximum absolute atomic E-state index is 10.5. The standard InChI is InChI=1S/C22H18O2/c1-13-4-7-16(19(23)10-13)22-17-8-5-14(2)11-20(17)24-21-12-15(3)6-9-18(21)22/h4-12,23H,2H2,1,3H3. The first kappa shape index (κ1) is 14.6. The summed E-state index contributed by atoms with van der Waals surface area (Å²) in [5, 5.41) is 12.4. The van der Waals surface area contributed by atoms with E-state index in [4.69, 9.17) is 4.74 Å². The van der Waals surface area contributed by atoms with E-state index in [0.29, 0.717) is 0 Å². The van der Waals surface area contributed by atoms with Crippen LogP contribution in [0.15, 0.2) is 54.6 Å². The van der Waals surface area contributed by atoms with Crippen LogP contribution >= 0.6 is 0 Å². The van der Waals surface area contributed by atoms with E-state index >= 15 is 0 Å². The maximum Gasteiger partial charge on any atom is 0.135 e. The molecule has 3 aromatic rings. The molecule has 118 valence electrons. The molecular weight excluding hydrogens is 296 g/mol. The zero-order valence-electron chi connectivity index (χ0n) is 13.8. The summed E-state index contributed by atoms with van der Waals surface area (Å²) < 4.78 is 6.11. The quantitative estimate of drug-likeness (QED) is 0.579. The van der Waals surface area contributed by atoms with Gasteiger partial charge in [-0.3, -0.25) is 0 Å². The average Bonchev–Trinajstić information content (AvgIpc) is 2.53. The number of fused-ring (bicyclic) bond motifs is 2. The van der Waals surface area contributed by atoms with Crippen molar-refractivity contribution in [3.63, 3.8) is 0 Å². The van der Waals surface area contributed by atoms with Gasteiger partial charge in [0.05, 0.1) is 0 Å². The molecule has 0 atom stereocenters. The Morgan fingerprint density at radius 3 is 2.25 bits per heavy atom. The fraction of sp³-hybridized carbons (Fsp3) is 0.0909. The lowest BCUT2D eigenvalue weighted by Gasteiger charge is -2.22. The third kappa shape index (κ3) is 2.28. The Bertz CT molecular complexity index is 1080. The predicted molar refractivity (Wildman–Crippen MR) is 96.9 cm³/mol. The number of hydrogen-bond acceptors (Lipinski definition) is 2. The smallest absolute Gasteiger partial charge is 0.135 e. The summed E-state index contributed by atoms with van der Waals surface area (Å²) in [6, 6.07) is 17.8. The van der Waals surface area contributed by atoms with Crippen LogP contribution in [0.5, 0.6) is 17.2 Å².